The summed E-state index contributed by atoms with van der Waals surface area (Å²) >= 11 is 0. The van der Waals surface area contributed by atoms with E-state index in [-0.39, 0.29) is 0 Å². The van der Waals surface area contributed by atoms with Crippen molar-refractivity contribution in [1.82, 2.24) is 14.8 Å². The van der Waals surface area contributed by atoms with Gasteiger partial charge in [0.2, 0.25) is 0 Å². The summed E-state index contributed by atoms with van der Waals surface area (Å²) in [5, 5.41) is 0. The minimum Gasteiger partial charge on any atom is -0.397 e. The summed E-state index contributed by atoms with van der Waals surface area (Å²) in [6.45, 7) is 5.97. The van der Waals surface area contributed by atoms with Gasteiger partial charge in [-0.2, -0.15) is 0 Å². The summed E-state index contributed by atoms with van der Waals surface area (Å²) in [5.41, 5.74) is 7.53. The van der Waals surface area contributed by atoms with Crippen LogP contribution in [0.4, 0.5) is 5.69 Å². The number of hydrogen-bond acceptors (Lipinski definition) is 4. The van der Waals surface area contributed by atoms with Gasteiger partial charge >= 0.3 is 0 Å². The molecule has 1 aromatic rings. The normalized spacial score (nSPS) is 25.9. The van der Waals surface area contributed by atoms with Crippen molar-refractivity contribution in [2.75, 3.05) is 31.9 Å². The molecule has 1 atom stereocenters. The lowest BCUT2D eigenvalue weighted by atomic mass is 10.2. The van der Waals surface area contributed by atoms with E-state index in [2.05, 4.69) is 14.8 Å². The summed E-state index contributed by atoms with van der Waals surface area (Å²) in [7, 11) is 0. The van der Waals surface area contributed by atoms with E-state index >= 15 is 0 Å². The molecule has 0 saturated carbocycles. The molecule has 0 radical (unpaired) electrons. The van der Waals surface area contributed by atoms with Crippen LogP contribution in [0.3, 0.4) is 0 Å². The number of nitrogen functional groups attached to an aromatic ring is 1. The maximum absolute atomic E-state index is 5.66. The minimum absolute atomic E-state index is 0.745. The Bertz CT molecular complexity index is 383. The topological polar surface area (TPSA) is 45.4 Å². The van der Waals surface area contributed by atoms with E-state index < -0.39 is 0 Å². The number of rotatable bonds is 3. The molecule has 2 aliphatic rings. The third kappa shape index (κ3) is 2.65. The molecule has 2 fully saturated rings. The zero-order chi connectivity index (χ0) is 12.4. The average Bonchev–Trinajstić information content (AvgIpc) is 3.02. The first-order valence-electron chi connectivity index (χ1n) is 6.98. The highest BCUT2D eigenvalue weighted by Gasteiger charge is 2.29. The predicted molar refractivity (Wildman–Crippen MR) is 73.1 cm³/mol. The summed E-state index contributed by atoms with van der Waals surface area (Å²) in [4.78, 5) is 9.56. The lowest BCUT2D eigenvalue weighted by Crippen LogP contribution is -2.35. The molecule has 1 unspecified atom stereocenters. The molecule has 4 nitrogen and oxygen atoms in total. The Kier molecular flexibility index (Phi) is 3.48. The molecular formula is C14H22N4. The van der Waals surface area contributed by atoms with Crippen LogP contribution in [0.25, 0.3) is 0 Å². The van der Waals surface area contributed by atoms with E-state index in [0.29, 0.717) is 0 Å². The molecule has 3 heterocycles. The second kappa shape index (κ2) is 5.24. The first kappa shape index (κ1) is 11.9. The van der Waals surface area contributed by atoms with Crippen molar-refractivity contribution < 1.29 is 0 Å². The highest BCUT2D eigenvalue weighted by atomic mass is 15.3. The maximum Gasteiger partial charge on any atom is 0.0545 e. The SMILES string of the molecule is Nc1ccc(CN2CCC(N3CCCC3)C2)nc1. The molecule has 98 valence electrons. The van der Waals surface area contributed by atoms with Gasteiger partial charge in [0.1, 0.15) is 0 Å². The van der Waals surface area contributed by atoms with Crippen LogP contribution < -0.4 is 5.73 Å². The van der Waals surface area contributed by atoms with Gasteiger partial charge in [-0.1, -0.05) is 0 Å². The van der Waals surface area contributed by atoms with Crippen LogP contribution in [0.15, 0.2) is 18.3 Å². The highest BCUT2D eigenvalue weighted by Crippen LogP contribution is 2.21. The Hall–Kier alpha value is -1.13. The number of hydrogen-bond donors (Lipinski definition) is 1. The van der Waals surface area contributed by atoms with Crippen LogP contribution in [0.1, 0.15) is 25.0 Å². The van der Waals surface area contributed by atoms with Gasteiger partial charge in [-0.3, -0.25) is 14.8 Å². The Balaban J connectivity index is 1.54. The Labute approximate surface area is 109 Å². The number of nitrogens with zero attached hydrogens (tertiary/aromatic N) is 3. The second-order valence-corrected chi connectivity index (χ2v) is 5.50. The second-order valence-electron chi connectivity index (χ2n) is 5.50. The molecule has 1 aromatic heterocycles. The van der Waals surface area contributed by atoms with Gasteiger partial charge in [0, 0.05) is 25.7 Å². The fourth-order valence-electron chi connectivity index (χ4n) is 3.12. The number of aromatic nitrogens is 1. The van der Waals surface area contributed by atoms with Gasteiger partial charge in [-0.05, 0) is 44.5 Å². The molecule has 3 rings (SSSR count). The fraction of sp³-hybridized carbons (Fsp3) is 0.643. The van der Waals surface area contributed by atoms with Gasteiger partial charge in [0.15, 0.2) is 0 Å². The number of nitrogens with two attached hydrogens (primary N) is 1. The third-order valence-corrected chi connectivity index (χ3v) is 4.14. The largest absolute Gasteiger partial charge is 0.397 e. The molecular weight excluding hydrogens is 224 g/mol. The zero-order valence-corrected chi connectivity index (χ0v) is 10.9. The molecule has 4 heteroatoms. The molecule has 0 aromatic carbocycles. The zero-order valence-electron chi connectivity index (χ0n) is 10.9. The molecule has 0 bridgehead atoms. The van der Waals surface area contributed by atoms with Gasteiger partial charge < -0.3 is 5.73 Å². The quantitative estimate of drug-likeness (QED) is 0.874. The van der Waals surface area contributed by atoms with Crippen LogP contribution in [-0.2, 0) is 6.54 Å². The van der Waals surface area contributed by atoms with Gasteiger partial charge in [-0.25, -0.2) is 0 Å². The predicted octanol–water partition coefficient (Wildman–Crippen LogP) is 1.33. The van der Waals surface area contributed by atoms with E-state index in [1.165, 1.54) is 45.4 Å². The van der Waals surface area contributed by atoms with Crippen LogP contribution >= 0.6 is 0 Å². The van der Waals surface area contributed by atoms with Crippen molar-refractivity contribution in [2.24, 2.45) is 0 Å². The van der Waals surface area contributed by atoms with Gasteiger partial charge in [0.25, 0.3) is 0 Å². The van der Waals surface area contributed by atoms with Crippen molar-refractivity contribution in [3.8, 4) is 0 Å². The van der Waals surface area contributed by atoms with Crippen LogP contribution in [-0.4, -0.2) is 47.0 Å². The first-order valence-corrected chi connectivity index (χ1v) is 6.98. The monoisotopic (exact) mass is 246 g/mol. The van der Waals surface area contributed by atoms with Gasteiger partial charge in [-0.15, -0.1) is 0 Å². The Morgan fingerprint density at radius 2 is 2.06 bits per heavy atom. The van der Waals surface area contributed by atoms with Crippen molar-refractivity contribution in [1.29, 1.82) is 0 Å². The summed E-state index contributed by atoms with van der Waals surface area (Å²) in [5.74, 6) is 0. The Morgan fingerprint density at radius 3 is 2.78 bits per heavy atom. The molecule has 18 heavy (non-hydrogen) atoms. The van der Waals surface area contributed by atoms with Crippen molar-refractivity contribution in [3.63, 3.8) is 0 Å². The highest BCUT2D eigenvalue weighted by molar-refractivity contribution is 5.34. The summed E-state index contributed by atoms with van der Waals surface area (Å²) < 4.78 is 0. The Morgan fingerprint density at radius 1 is 1.22 bits per heavy atom. The fourth-order valence-corrected chi connectivity index (χ4v) is 3.12. The first-order chi connectivity index (χ1) is 8.81. The lowest BCUT2D eigenvalue weighted by molar-refractivity contribution is 0.229. The molecule has 2 saturated heterocycles. The average molecular weight is 246 g/mol. The van der Waals surface area contributed by atoms with Crippen LogP contribution in [0.5, 0.6) is 0 Å². The maximum atomic E-state index is 5.66. The minimum atomic E-state index is 0.745. The van der Waals surface area contributed by atoms with E-state index in [9.17, 15) is 0 Å². The van der Waals surface area contributed by atoms with E-state index in [4.69, 9.17) is 5.73 Å². The van der Waals surface area contributed by atoms with Crippen molar-refractivity contribution >= 4 is 5.69 Å². The summed E-state index contributed by atoms with van der Waals surface area (Å²) in [6, 6.07) is 4.76. The standard InChI is InChI=1S/C14H22N4/c15-12-3-4-13(16-9-12)10-17-8-5-14(11-17)18-6-1-2-7-18/h3-4,9,14H,1-2,5-8,10-11,15H2. The van der Waals surface area contributed by atoms with E-state index in [1.54, 1.807) is 6.20 Å². The van der Waals surface area contributed by atoms with Gasteiger partial charge in [0.05, 0.1) is 17.6 Å². The third-order valence-electron chi connectivity index (χ3n) is 4.14. The van der Waals surface area contributed by atoms with Crippen LogP contribution in [0, 0.1) is 0 Å². The smallest absolute Gasteiger partial charge is 0.0545 e. The molecule has 0 amide bonds. The van der Waals surface area contributed by atoms with Crippen molar-refractivity contribution in [2.45, 2.75) is 31.8 Å². The number of anilines is 1. The number of pyridine rings is 1. The molecule has 2 aliphatic heterocycles. The lowest BCUT2D eigenvalue weighted by Gasteiger charge is -2.23. The molecule has 0 aliphatic carbocycles. The molecule has 0 spiro atoms. The van der Waals surface area contributed by atoms with E-state index in [1.807, 2.05) is 12.1 Å². The van der Waals surface area contributed by atoms with E-state index in [0.717, 1.165) is 24.0 Å². The molecule has 2 N–H and O–H groups in total. The summed E-state index contributed by atoms with van der Waals surface area (Å²) in [6.07, 6.45) is 5.84. The number of likely N-dealkylation sites (tertiary alicyclic amines) is 2. The van der Waals surface area contributed by atoms with Crippen molar-refractivity contribution in [3.05, 3.63) is 24.0 Å². The van der Waals surface area contributed by atoms with Crippen LogP contribution in [0.2, 0.25) is 0 Å².